The Balaban J connectivity index is 1.27. The van der Waals surface area contributed by atoms with Gasteiger partial charge in [0.1, 0.15) is 12.0 Å². The van der Waals surface area contributed by atoms with E-state index in [2.05, 4.69) is 20.9 Å². The molecule has 6 heteroatoms. The summed E-state index contributed by atoms with van der Waals surface area (Å²) in [5.74, 6) is 1.48. The smallest absolute Gasteiger partial charge is 0.261 e. The van der Waals surface area contributed by atoms with Gasteiger partial charge in [0.05, 0.1) is 11.3 Å². The summed E-state index contributed by atoms with van der Waals surface area (Å²) in [7, 11) is 0. The van der Waals surface area contributed by atoms with E-state index in [-0.39, 0.29) is 5.91 Å². The van der Waals surface area contributed by atoms with Gasteiger partial charge in [0.15, 0.2) is 5.82 Å². The molecule has 0 fully saturated rings. The quantitative estimate of drug-likeness (QED) is 0.703. The van der Waals surface area contributed by atoms with Gasteiger partial charge in [-0.1, -0.05) is 18.2 Å². The molecular formula is C23H26N4O2. The Morgan fingerprint density at radius 2 is 1.86 bits per heavy atom. The van der Waals surface area contributed by atoms with Gasteiger partial charge in [-0.2, -0.15) is 0 Å². The van der Waals surface area contributed by atoms with Gasteiger partial charge in [-0.25, -0.2) is 9.97 Å². The van der Waals surface area contributed by atoms with E-state index in [1.807, 2.05) is 42.2 Å². The highest BCUT2D eigenvalue weighted by atomic mass is 16.5. The number of nitrogens with zero attached hydrogens (tertiary/aromatic N) is 4. The van der Waals surface area contributed by atoms with Crippen LogP contribution in [0.2, 0.25) is 0 Å². The molecule has 150 valence electrons. The number of ether oxygens (including phenoxy) is 1. The molecule has 0 atom stereocenters. The Morgan fingerprint density at radius 1 is 1.07 bits per heavy atom. The van der Waals surface area contributed by atoms with Gasteiger partial charge in [0.25, 0.3) is 5.91 Å². The SMILES string of the molecule is CC1=COc2ccccc2C(=O)N1CCCCN1CC=C(c2ncccn2)CC1. The largest absolute Gasteiger partial charge is 0.462 e. The minimum atomic E-state index is 0.0141. The van der Waals surface area contributed by atoms with Crippen LogP contribution in [-0.2, 0) is 0 Å². The average Bonchev–Trinajstić information content (AvgIpc) is 2.89. The number of unbranched alkanes of at least 4 members (excludes halogenated alkanes) is 1. The van der Waals surface area contributed by atoms with Gasteiger partial charge in [-0.05, 0) is 56.5 Å². The first kappa shape index (κ1) is 19.3. The highest BCUT2D eigenvalue weighted by Crippen LogP contribution is 2.26. The van der Waals surface area contributed by atoms with Gasteiger partial charge in [-0.15, -0.1) is 0 Å². The van der Waals surface area contributed by atoms with Crippen molar-refractivity contribution in [2.24, 2.45) is 0 Å². The molecule has 0 bridgehead atoms. The highest BCUT2D eigenvalue weighted by molar-refractivity contribution is 5.98. The molecule has 0 saturated carbocycles. The van der Waals surface area contributed by atoms with Gasteiger partial charge in [0, 0.05) is 32.0 Å². The van der Waals surface area contributed by atoms with Crippen LogP contribution in [-0.4, -0.2) is 51.9 Å². The van der Waals surface area contributed by atoms with Crippen molar-refractivity contribution in [1.29, 1.82) is 0 Å². The van der Waals surface area contributed by atoms with Crippen molar-refractivity contribution in [3.8, 4) is 5.75 Å². The van der Waals surface area contributed by atoms with Crippen molar-refractivity contribution in [3.63, 3.8) is 0 Å². The summed E-state index contributed by atoms with van der Waals surface area (Å²) in [5.41, 5.74) is 2.70. The fourth-order valence-corrected chi connectivity index (χ4v) is 3.73. The van der Waals surface area contributed by atoms with Crippen LogP contribution in [0.15, 0.2) is 60.8 Å². The fourth-order valence-electron chi connectivity index (χ4n) is 3.73. The van der Waals surface area contributed by atoms with Crippen LogP contribution >= 0.6 is 0 Å². The third kappa shape index (κ3) is 4.54. The van der Waals surface area contributed by atoms with Crippen molar-refractivity contribution >= 4 is 11.5 Å². The second-order valence-corrected chi connectivity index (χ2v) is 7.39. The van der Waals surface area contributed by atoms with E-state index >= 15 is 0 Å². The maximum Gasteiger partial charge on any atom is 0.261 e. The van der Waals surface area contributed by atoms with Crippen LogP contribution in [0, 0.1) is 0 Å². The van der Waals surface area contributed by atoms with Crippen molar-refractivity contribution in [1.82, 2.24) is 19.8 Å². The van der Waals surface area contributed by atoms with Gasteiger partial charge >= 0.3 is 0 Å². The fraction of sp³-hybridized carbons (Fsp3) is 0.348. The van der Waals surface area contributed by atoms with E-state index in [9.17, 15) is 4.79 Å². The summed E-state index contributed by atoms with van der Waals surface area (Å²) >= 11 is 0. The zero-order valence-electron chi connectivity index (χ0n) is 16.8. The third-order valence-corrected chi connectivity index (χ3v) is 5.40. The van der Waals surface area contributed by atoms with E-state index in [0.29, 0.717) is 17.9 Å². The first-order chi connectivity index (χ1) is 14.2. The van der Waals surface area contributed by atoms with Gasteiger partial charge < -0.3 is 9.64 Å². The number of fused-ring (bicyclic) bond motifs is 1. The van der Waals surface area contributed by atoms with Crippen LogP contribution in [0.25, 0.3) is 5.57 Å². The van der Waals surface area contributed by atoms with E-state index in [1.54, 1.807) is 18.7 Å². The summed E-state index contributed by atoms with van der Waals surface area (Å²) in [6, 6.07) is 9.26. The molecule has 0 unspecified atom stereocenters. The Kier molecular flexibility index (Phi) is 6.00. The van der Waals surface area contributed by atoms with Crippen LogP contribution in [0.3, 0.4) is 0 Å². The first-order valence-electron chi connectivity index (χ1n) is 10.2. The minimum Gasteiger partial charge on any atom is -0.462 e. The third-order valence-electron chi connectivity index (χ3n) is 5.40. The molecule has 6 nitrogen and oxygen atoms in total. The summed E-state index contributed by atoms with van der Waals surface area (Å²) in [5, 5.41) is 0. The van der Waals surface area contributed by atoms with E-state index in [4.69, 9.17) is 4.74 Å². The molecule has 1 amide bonds. The number of hydrogen-bond acceptors (Lipinski definition) is 5. The van der Waals surface area contributed by atoms with E-state index in [1.165, 1.54) is 5.57 Å². The minimum absolute atomic E-state index is 0.0141. The zero-order chi connectivity index (χ0) is 20.1. The molecule has 0 saturated heterocycles. The summed E-state index contributed by atoms with van der Waals surface area (Å²) < 4.78 is 5.66. The molecule has 0 aliphatic carbocycles. The van der Waals surface area contributed by atoms with Crippen molar-refractivity contribution < 1.29 is 9.53 Å². The molecule has 2 aliphatic rings. The standard InChI is InChI=1S/C23H26N4O2/c1-18-17-29-21-8-3-2-7-20(21)23(28)27(18)14-5-4-13-26-15-9-19(10-16-26)22-24-11-6-12-25-22/h2-3,6-9,11-12,17H,4-5,10,13-16H2,1H3. The number of carbonyl (C=O) groups is 1. The number of carbonyl (C=O) groups excluding carboxylic acids is 1. The summed E-state index contributed by atoms with van der Waals surface area (Å²) in [6.45, 7) is 5.60. The maximum absolute atomic E-state index is 12.9. The summed E-state index contributed by atoms with van der Waals surface area (Å²) in [6.07, 6.45) is 10.5. The van der Waals surface area contributed by atoms with Crippen molar-refractivity contribution in [2.45, 2.75) is 26.2 Å². The van der Waals surface area contributed by atoms with Gasteiger partial charge in [0.2, 0.25) is 0 Å². The molecule has 1 aromatic heterocycles. The molecule has 1 aromatic carbocycles. The molecule has 0 N–H and O–H groups in total. The van der Waals surface area contributed by atoms with Gasteiger partial charge in [-0.3, -0.25) is 9.69 Å². The normalized spacial score (nSPS) is 17.1. The van der Waals surface area contributed by atoms with Crippen molar-refractivity contribution in [3.05, 3.63) is 72.1 Å². The molecular weight excluding hydrogens is 364 g/mol. The van der Waals surface area contributed by atoms with Crippen LogP contribution in [0.1, 0.15) is 42.4 Å². The monoisotopic (exact) mass is 390 g/mol. The molecule has 2 aliphatic heterocycles. The zero-order valence-corrected chi connectivity index (χ0v) is 16.8. The highest BCUT2D eigenvalue weighted by Gasteiger charge is 2.23. The Hall–Kier alpha value is -2.99. The Bertz CT molecular complexity index is 923. The predicted octanol–water partition coefficient (Wildman–Crippen LogP) is 3.74. The molecule has 29 heavy (non-hydrogen) atoms. The lowest BCUT2D eigenvalue weighted by Gasteiger charge is -2.26. The number of allylic oxidation sites excluding steroid dienone is 1. The average molecular weight is 390 g/mol. The number of benzene rings is 1. The molecule has 3 heterocycles. The predicted molar refractivity (Wildman–Crippen MR) is 112 cm³/mol. The van der Waals surface area contributed by atoms with Crippen LogP contribution in [0.4, 0.5) is 0 Å². The first-order valence-corrected chi connectivity index (χ1v) is 10.2. The topological polar surface area (TPSA) is 58.6 Å². The van der Waals surface area contributed by atoms with E-state index < -0.39 is 0 Å². The van der Waals surface area contributed by atoms with Crippen molar-refractivity contribution in [2.75, 3.05) is 26.2 Å². The molecule has 0 radical (unpaired) electrons. The molecule has 2 aromatic rings. The second kappa shape index (κ2) is 9.01. The lowest BCUT2D eigenvalue weighted by atomic mass is 10.1. The Labute approximate surface area is 171 Å². The maximum atomic E-state index is 12.9. The number of para-hydroxylation sites is 1. The molecule has 0 spiro atoms. The lowest BCUT2D eigenvalue weighted by molar-refractivity contribution is 0.0804. The summed E-state index contributed by atoms with van der Waals surface area (Å²) in [4.78, 5) is 25.8. The second-order valence-electron chi connectivity index (χ2n) is 7.39. The van der Waals surface area contributed by atoms with Crippen LogP contribution < -0.4 is 4.74 Å². The number of rotatable bonds is 6. The number of amides is 1. The van der Waals surface area contributed by atoms with Crippen LogP contribution in [0.5, 0.6) is 5.75 Å². The Morgan fingerprint density at radius 3 is 2.66 bits per heavy atom. The lowest BCUT2D eigenvalue weighted by Crippen LogP contribution is -2.32. The molecule has 4 rings (SSSR count). The number of hydrogen-bond donors (Lipinski definition) is 0. The van der Waals surface area contributed by atoms with E-state index in [0.717, 1.165) is 50.4 Å². The number of aromatic nitrogens is 2.